The van der Waals surface area contributed by atoms with Crippen LogP contribution in [-0.4, -0.2) is 24.8 Å². The van der Waals surface area contributed by atoms with Gasteiger partial charge in [-0.15, -0.1) is 0 Å². The molecule has 1 aromatic rings. The third-order valence-corrected chi connectivity index (χ3v) is 2.89. The number of aliphatic imine (C=N–C) groups is 1. The third-order valence-electron chi connectivity index (χ3n) is 2.65. The largest absolute Gasteiger partial charge is 0.398 e. The molecule has 0 aliphatic rings. The van der Waals surface area contributed by atoms with Gasteiger partial charge in [0.1, 0.15) is 5.84 Å². The van der Waals surface area contributed by atoms with Crippen molar-refractivity contribution < 1.29 is 0 Å². The summed E-state index contributed by atoms with van der Waals surface area (Å²) in [5.41, 5.74) is 7.73. The molecule has 1 aromatic carbocycles. The predicted molar refractivity (Wildman–Crippen MR) is 75.5 cm³/mol. The molecule has 0 saturated carbocycles. The molecule has 3 nitrogen and oxygen atoms in total. The molecule has 0 saturated heterocycles. The summed E-state index contributed by atoms with van der Waals surface area (Å²) in [6.07, 6.45) is 0. The van der Waals surface area contributed by atoms with Gasteiger partial charge in [0, 0.05) is 37.3 Å². The smallest absolute Gasteiger partial charge is 0.101 e. The summed E-state index contributed by atoms with van der Waals surface area (Å²) in [6.45, 7) is 5.00. The second-order valence-electron chi connectivity index (χ2n) is 4.44. The minimum Gasteiger partial charge on any atom is -0.398 e. The zero-order valence-corrected chi connectivity index (χ0v) is 11.6. The first-order valence-electron chi connectivity index (χ1n) is 5.67. The van der Waals surface area contributed by atoms with Crippen LogP contribution in [0.1, 0.15) is 19.4 Å². The lowest BCUT2D eigenvalue weighted by Gasteiger charge is -2.24. The van der Waals surface area contributed by atoms with Crippen LogP contribution in [0.25, 0.3) is 0 Å². The molecule has 0 fully saturated rings. The summed E-state index contributed by atoms with van der Waals surface area (Å²) in [7, 11) is 3.84. The lowest BCUT2D eigenvalue weighted by Crippen LogP contribution is -2.30. The summed E-state index contributed by atoms with van der Waals surface area (Å²) >= 11 is 5.88. The van der Waals surface area contributed by atoms with Gasteiger partial charge >= 0.3 is 0 Å². The van der Waals surface area contributed by atoms with Gasteiger partial charge in [-0.2, -0.15) is 0 Å². The number of amidine groups is 1. The monoisotopic (exact) mass is 253 g/mol. The van der Waals surface area contributed by atoms with Crippen LogP contribution in [0.3, 0.4) is 0 Å². The first kappa shape index (κ1) is 13.8. The molecular weight excluding hydrogens is 234 g/mol. The number of nitrogens with zero attached hydrogens (tertiary/aromatic N) is 2. The zero-order chi connectivity index (χ0) is 13.0. The van der Waals surface area contributed by atoms with Crippen LogP contribution in [-0.2, 0) is 6.54 Å². The molecule has 0 atom stereocenters. The summed E-state index contributed by atoms with van der Waals surface area (Å²) in [4.78, 5) is 6.42. The summed E-state index contributed by atoms with van der Waals surface area (Å²) < 4.78 is 0. The van der Waals surface area contributed by atoms with Crippen LogP contribution >= 0.6 is 11.6 Å². The Bertz CT molecular complexity index is 413. The maximum atomic E-state index is 5.94. The first-order valence-corrected chi connectivity index (χ1v) is 6.05. The summed E-state index contributed by atoms with van der Waals surface area (Å²) in [5.74, 6) is 1.47. The molecule has 1 rings (SSSR count). The molecule has 0 radical (unpaired) electrons. The molecule has 4 heteroatoms. The molecular formula is C13H20ClN3. The van der Waals surface area contributed by atoms with Crippen LogP contribution in [0.15, 0.2) is 23.2 Å². The highest BCUT2D eigenvalue weighted by Crippen LogP contribution is 2.19. The molecule has 0 heterocycles. The maximum absolute atomic E-state index is 5.94. The van der Waals surface area contributed by atoms with Crippen LogP contribution in [0, 0.1) is 5.92 Å². The van der Waals surface area contributed by atoms with E-state index < -0.39 is 0 Å². The standard InChI is InChI=1S/C13H20ClN3/c1-9(2)13(16-3)17(4)8-10-5-6-11(14)7-12(10)15/h5-7,9H,8,15H2,1-4H3. The molecule has 0 aliphatic carbocycles. The van der Waals surface area contributed by atoms with Gasteiger partial charge in [0.25, 0.3) is 0 Å². The number of rotatable bonds is 3. The average Bonchev–Trinajstić information content (AvgIpc) is 2.22. The fourth-order valence-electron chi connectivity index (χ4n) is 1.92. The quantitative estimate of drug-likeness (QED) is 0.511. The van der Waals surface area contributed by atoms with Crippen molar-refractivity contribution in [1.29, 1.82) is 0 Å². The molecule has 0 aliphatic heterocycles. The minimum absolute atomic E-state index is 0.401. The molecule has 2 N–H and O–H groups in total. The highest BCUT2D eigenvalue weighted by atomic mass is 35.5. The Morgan fingerprint density at radius 1 is 1.47 bits per heavy atom. The van der Waals surface area contributed by atoms with Crippen molar-refractivity contribution in [3.05, 3.63) is 28.8 Å². The number of hydrogen-bond acceptors (Lipinski definition) is 2. The molecule has 94 valence electrons. The number of benzene rings is 1. The fourth-order valence-corrected chi connectivity index (χ4v) is 2.10. The van der Waals surface area contributed by atoms with Gasteiger partial charge in [0.2, 0.25) is 0 Å². The Kier molecular flexibility index (Phi) is 4.82. The van der Waals surface area contributed by atoms with Crippen molar-refractivity contribution in [1.82, 2.24) is 4.90 Å². The van der Waals surface area contributed by atoms with Gasteiger partial charge in [0.15, 0.2) is 0 Å². The Morgan fingerprint density at radius 2 is 2.12 bits per heavy atom. The van der Waals surface area contributed by atoms with Gasteiger partial charge in [-0.3, -0.25) is 4.99 Å². The number of nitrogen functional groups attached to an aromatic ring is 1. The molecule has 0 unspecified atom stereocenters. The van der Waals surface area contributed by atoms with Gasteiger partial charge in [-0.25, -0.2) is 0 Å². The minimum atomic E-state index is 0.401. The molecule has 0 aromatic heterocycles. The van der Waals surface area contributed by atoms with Crippen molar-refractivity contribution in [2.75, 3.05) is 19.8 Å². The van der Waals surface area contributed by atoms with E-state index in [0.717, 1.165) is 23.6 Å². The topological polar surface area (TPSA) is 41.6 Å². The number of halogens is 1. The maximum Gasteiger partial charge on any atom is 0.101 e. The summed E-state index contributed by atoms with van der Waals surface area (Å²) in [6, 6.07) is 5.60. The van der Waals surface area contributed by atoms with Crippen LogP contribution in [0.4, 0.5) is 5.69 Å². The molecule has 0 amide bonds. The summed E-state index contributed by atoms with van der Waals surface area (Å²) in [5, 5.41) is 0.669. The van der Waals surface area contributed by atoms with E-state index >= 15 is 0 Å². The van der Waals surface area contributed by atoms with Crippen molar-refractivity contribution in [3.63, 3.8) is 0 Å². The van der Waals surface area contributed by atoms with E-state index in [2.05, 4.69) is 23.7 Å². The van der Waals surface area contributed by atoms with Gasteiger partial charge in [-0.1, -0.05) is 31.5 Å². The third kappa shape index (κ3) is 3.63. The van der Waals surface area contributed by atoms with E-state index in [1.54, 1.807) is 6.07 Å². The average molecular weight is 254 g/mol. The van der Waals surface area contributed by atoms with Crippen LogP contribution < -0.4 is 5.73 Å². The van der Waals surface area contributed by atoms with E-state index in [0.29, 0.717) is 10.9 Å². The SMILES string of the molecule is CN=C(C(C)C)N(C)Cc1ccc(Cl)cc1N. The predicted octanol–water partition coefficient (Wildman–Crippen LogP) is 3.04. The van der Waals surface area contributed by atoms with E-state index in [1.165, 1.54) is 0 Å². The molecule has 0 bridgehead atoms. The van der Waals surface area contributed by atoms with Crippen molar-refractivity contribution in [3.8, 4) is 0 Å². The molecule has 17 heavy (non-hydrogen) atoms. The van der Waals surface area contributed by atoms with E-state index in [-0.39, 0.29) is 0 Å². The lowest BCUT2D eigenvalue weighted by atomic mass is 10.1. The Balaban J connectivity index is 2.84. The first-order chi connectivity index (χ1) is 7.95. The van der Waals surface area contributed by atoms with Crippen LogP contribution in [0.2, 0.25) is 5.02 Å². The van der Waals surface area contributed by atoms with E-state index in [1.807, 2.05) is 26.2 Å². The Labute approximate surface area is 108 Å². The second kappa shape index (κ2) is 5.92. The van der Waals surface area contributed by atoms with E-state index in [9.17, 15) is 0 Å². The van der Waals surface area contributed by atoms with Crippen LogP contribution in [0.5, 0.6) is 0 Å². The highest BCUT2D eigenvalue weighted by Gasteiger charge is 2.11. The van der Waals surface area contributed by atoms with Gasteiger partial charge < -0.3 is 10.6 Å². The van der Waals surface area contributed by atoms with Crippen molar-refractivity contribution in [2.24, 2.45) is 10.9 Å². The van der Waals surface area contributed by atoms with Gasteiger partial charge in [0.05, 0.1) is 0 Å². The van der Waals surface area contributed by atoms with E-state index in [4.69, 9.17) is 17.3 Å². The second-order valence-corrected chi connectivity index (χ2v) is 4.87. The Morgan fingerprint density at radius 3 is 2.59 bits per heavy atom. The van der Waals surface area contributed by atoms with Gasteiger partial charge in [-0.05, 0) is 17.7 Å². The Hall–Kier alpha value is -1.22. The number of hydrogen-bond donors (Lipinski definition) is 1. The molecule has 0 spiro atoms. The highest BCUT2D eigenvalue weighted by molar-refractivity contribution is 6.30. The normalized spacial score (nSPS) is 12.0. The number of anilines is 1. The van der Waals surface area contributed by atoms with Crippen molar-refractivity contribution in [2.45, 2.75) is 20.4 Å². The zero-order valence-electron chi connectivity index (χ0n) is 10.9. The fraction of sp³-hybridized carbons (Fsp3) is 0.462. The van der Waals surface area contributed by atoms with Crippen molar-refractivity contribution >= 4 is 23.1 Å². The number of nitrogens with two attached hydrogens (primary N) is 1. The lowest BCUT2D eigenvalue weighted by molar-refractivity contribution is 0.472.